The quantitative estimate of drug-likeness (QED) is 0.931. The van der Waals surface area contributed by atoms with E-state index < -0.39 is 10.0 Å². The van der Waals surface area contributed by atoms with Gasteiger partial charge in [-0.1, -0.05) is 24.3 Å². The minimum absolute atomic E-state index is 0.0973. The average molecular weight is 344 g/mol. The summed E-state index contributed by atoms with van der Waals surface area (Å²) in [6.07, 6.45) is 0.708. The molecule has 1 unspecified atom stereocenters. The van der Waals surface area contributed by atoms with E-state index in [4.69, 9.17) is 0 Å². The number of nitrogens with zero attached hydrogens (tertiary/aromatic N) is 1. The molecule has 1 amide bonds. The molecule has 1 heterocycles. The normalized spacial score (nSPS) is 18.0. The number of carbonyl (C=O) groups is 1. The number of hydrogen-bond acceptors (Lipinski definition) is 3. The second-order valence-corrected chi connectivity index (χ2v) is 7.97. The Morgan fingerprint density at radius 3 is 2.33 bits per heavy atom. The van der Waals surface area contributed by atoms with Crippen molar-refractivity contribution in [2.24, 2.45) is 0 Å². The molecule has 6 heteroatoms. The van der Waals surface area contributed by atoms with Crippen LogP contribution in [0, 0.1) is 0 Å². The summed E-state index contributed by atoms with van der Waals surface area (Å²) in [5, 5.41) is 2.64. The van der Waals surface area contributed by atoms with E-state index in [1.54, 1.807) is 16.4 Å². The lowest BCUT2D eigenvalue weighted by atomic mass is 9.97. The van der Waals surface area contributed by atoms with E-state index in [9.17, 15) is 13.2 Å². The van der Waals surface area contributed by atoms with Crippen molar-refractivity contribution in [3.8, 4) is 0 Å². The number of amides is 1. The van der Waals surface area contributed by atoms with E-state index in [0.29, 0.717) is 18.7 Å². The number of nitrogens with one attached hydrogen (secondary N) is 1. The molecule has 0 saturated heterocycles. The smallest absolute Gasteiger partial charge is 0.243 e. The van der Waals surface area contributed by atoms with Gasteiger partial charge in [-0.05, 0) is 48.7 Å². The third kappa shape index (κ3) is 3.20. The zero-order chi connectivity index (χ0) is 17.3. The SMILES string of the molecule is CC(=O)Nc1ccc(S(=O)(=O)N2Cc3ccccc3CC2C)cc1. The first-order valence-electron chi connectivity index (χ1n) is 7.84. The standard InChI is InChI=1S/C18H20N2O3S/c1-13-11-15-5-3-4-6-16(15)12-20(13)24(22,23)18-9-7-17(8-10-18)19-14(2)21/h3-10,13H,11-12H2,1-2H3,(H,19,21). The molecular formula is C18H20N2O3S. The summed E-state index contributed by atoms with van der Waals surface area (Å²) in [5.41, 5.74) is 2.84. The zero-order valence-corrected chi connectivity index (χ0v) is 14.5. The van der Waals surface area contributed by atoms with Gasteiger partial charge in [0.05, 0.1) is 4.90 Å². The molecule has 2 aromatic carbocycles. The van der Waals surface area contributed by atoms with Gasteiger partial charge in [0, 0.05) is 25.2 Å². The van der Waals surface area contributed by atoms with Gasteiger partial charge in [0.15, 0.2) is 0 Å². The van der Waals surface area contributed by atoms with E-state index in [-0.39, 0.29) is 16.8 Å². The highest BCUT2D eigenvalue weighted by Crippen LogP contribution is 2.29. The van der Waals surface area contributed by atoms with E-state index in [1.165, 1.54) is 24.6 Å². The number of hydrogen-bond donors (Lipinski definition) is 1. The van der Waals surface area contributed by atoms with Gasteiger partial charge in [-0.3, -0.25) is 4.79 Å². The molecular weight excluding hydrogens is 324 g/mol. The van der Waals surface area contributed by atoms with Crippen LogP contribution in [-0.4, -0.2) is 24.7 Å². The average Bonchev–Trinajstić information content (AvgIpc) is 2.54. The fourth-order valence-electron chi connectivity index (χ4n) is 3.03. The molecule has 0 bridgehead atoms. The van der Waals surface area contributed by atoms with E-state index >= 15 is 0 Å². The lowest BCUT2D eigenvalue weighted by Crippen LogP contribution is -2.42. The summed E-state index contributed by atoms with van der Waals surface area (Å²) in [6.45, 7) is 3.73. The van der Waals surface area contributed by atoms with Crippen LogP contribution < -0.4 is 5.32 Å². The molecule has 0 fully saturated rings. The summed E-state index contributed by atoms with van der Waals surface area (Å²) in [5.74, 6) is -0.188. The first kappa shape index (κ1) is 16.7. The summed E-state index contributed by atoms with van der Waals surface area (Å²) in [7, 11) is -3.58. The highest BCUT2D eigenvalue weighted by atomic mass is 32.2. The van der Waals surface area contributed by atoms with Crippen LogP contribution in [0.3, 0.4) is 0 Å². The second kappa shape index (κ2) is 6.37. The van der Waals surface area contributed by atoms with Crippen LogP contribution in [0.1, 0.15) is 25.0 Å². The fourth-order valence-corrected chi connectivity index (χ4v) is 4.63. The van der Waals surface area contributed by atoms with Crippen molar-refractivity contribution >= 4 is 21.6 Å². The van der Waals surface area contributed by atoms with Gasteiger partial charge in [-0.25, -0.2) is 8.42 Å². The predicted molar refractivity (Wildman–Crippen MR) is 93.1 cm³/mol. The van der Waals surface area contributed by atoms with Crippen LogP contribution in [0.15, 0.2) is 53.4 Å². The molecule has 24 heavy (non-hydrogen) atoms. The maximum atomic E-state index is 13.0. The highest BCUT2D eigenvalue weighted by molar-refractivity contribution is 7.89. The lowest BCUT2D eigenvalue weighted by Gasteiger charge is -2.33. The van der Waals surface area contributed by atoms with E-state index in [0.717, 1.165) is 5.56 Å². The minimum atomic E-state index is -3.58. The van der Waals surface area contributed by atoms with Crippen LogP contribution in [-0.2, 0) is 27.8 Å². The van der Waals surface area contributed by atoms with Crippen molar-refractivity contribution in [1.29, 1.82) is 0 Å². The van der Waals surface area contributed by atoms with E-state index in [2.05, 4.69) is 11.4 Å². The van der Waals surface area contributed by atoms with Gasteiger partial charge in [0.2, 0.25) is 15.9 Å². The third-order valence-corrected chi connectivity index (χ3v) is 6.21. The molecule has 0 aromatic heterocycles. The van der Waals surface area contributed by atoms with Crippen LogP contribution in [0.5, 0.6) is 0 Å². The van der Waals surface area contributed by atoms with Crippen molar-refractivity contribution in [2.45, 2.75) is 37.8 Å². The Bertz CT molecular complexity index is 860. The largest absolute Gasteiger partial charge is 0.326 e. The van der Waals surface area contributed by atoms with Gasteiger partial charge < -0.3 is 5.32 Å². The molecule has 0 spiro atoms. The topological polar surface area (TPSA) is 66.5 Å². The van der Waals surface area contributed by atoms with Crippen LogP contribution in [0.4, 0.5) is 5.69 Å². The molecule has 0 aliphatic carbocycles. The maximum absolute atomic E-state index is 13.0. The number of rotatable bonds is 3. The monoisotopic (exact) mass is 344 g/mol. The fraction of sp³-hybridized carbons (Fsp3) is 0.278. The number of carbonyl (C=O) groups excluding carboxylic acids is 1. The van der Waals surface area contributed by atoms with Crippen LogP contribution in [0.25, 0.3) is 0 Å². The summed E-state index contributed by atoms with van der Waals surface area (Å²) >= 11 is 0. The molecule has 3 rings (SSSR count). The molecule has 2 aromatic rings. The highest BCUT2D eigenvalue weighted by Gasteiger charge is 2.33. The number of anilines is 1. The van der Waals surface area contributed by atoms with Crippen molar-refractivity contribution in [2.75, 3.05) is 5.32 Å². The van der Waals surface area contributed by atoms with Gasteiger partial charge >= 0.3 is 0 Å². The second-order valence-electron chi connectivity index (χ2n) is 6.08. The number of benzene rings is 2. The van der Waals surface area contributed by atoms with Crippen molar-refractivity contribution in [3.05, 3.63) is 59.7 Å². The summed E-state index contributed by atoms with van der Waals surface area (Å²) in [4.78, 5) is 11.3. The molecule has 126 valence electrons. The molecule has 5 nitrogen and oxygen atoms in total. The number of sulfonamides is 1. The van der Waals surface area contributed by atoms with Crippen molar-refractivity contribution in [3.63, 3.8) is 0 Å². The zero-order valence-electron chi connectivity index (χ0n) is 13.7. The van der Waals surface area contributed by atoms with Crippen LogP contribution >= 0.6 is 0 Å². The minimum Gasteiger partial charge on any atom is -0.326 e. The van der Waals surface area contributed by atoms with Crippen molar-refractivity contribution < 1.29 is 13.2 Å². The van der Waals surface area contributed by atoms with Gasteiger partial charge in [-0.2, -0.15) is 4.31 Å². The molecule has 0 radical (unpaired) electrons. The molecule has 0 saturated carbocycles. The van der Waals surface area contributed by atoms with Gasteiger partial charge in [0.1, 0.15) is 0 Å². The number of fused-ring (bicyclic) bond motifs is 1. The Morgan fingerprint density at radius 1 is 1.08 bits per heavy atom. The van der Waals surface area contributed by atoms with Crippen molar-refractivity contribution in [1.82, 2.24) is 4.31 Å². The molecule has 1 atom stereocenters. The third-order valence-electron chi connectivity index (χ3n) is 4.23. The summed E-state index contributed by atoms with van der Waals surface area (Å²) < 4.78 is 27.5. The molecule has 1 N–H and O–H groups in total. The molecule has 1 aliphatic rings. The molecule has 1 aliphatic heterocycles. The summed E-state index contributed by atoms with van der Waals surface area (Å²) in [6, 6.07) is 14.1. The predicted octanol–water partition coefficient (Wildman–Crippen LogP) is 2.78. The first-order chi connectivity index (χ1) is 11.4. The Balaban J connectivity index is 1.89. The first-order valence-corrected chi connectivity index (χ1v) is 9.28. The van der Waals surface area contributed by atoms with Crippen LogP contribution in [0.2, 0.25) is 0 Å². The Labute approximate surface area is 142 Å². The Hall–Kier alpha value is -2.18. The Morgan fingerprint density at radius 2 is 1.71 bits per heavy atom. The van der Waals surface area contributed by atoms with Gasteiger partial charge in [0.25, 0.3) is 0 Å². The van der Waals surface area contributed by atoms with Gasteiger partial charge in [-0.15, -0.1) is 0 Å². The lowest BCUT2D eigenvalue weighted by molar-refractivity contribution is -0.114. The maximum Gasteiger partial charge on any atom is 0.243 e. The van der Waals surface area contributed by atoms with E-state index in [1.807, 2.05) is 25.1 Å². The Kier molecular flexibility index (Phi) is 4.43.